The normalized spacial score (nSPS) is 12.8. The van der Waals surface area contributed by atoms with Crippen LogP contribution in [0.25, 0.3) is 0 Å². The maximum absolute atomic E-state index is 5.76. The second-order valence-electron chi connectivity index (χ2n) is 4.75. The molecule has 1 atom stereocenters. The van der Waals surface area contributed by atoms with Crippen LogP contribution < -0.4 is 10.1 Å². The lowest BCUT2D eigenvalue weighted by Gasteiger charge is -2.16. The summed E-state index contributed by atoms with van der Waals surface area (Å²) in [6.07, 6.45) is 1.30. The molecule has 0 fully saturated rings. The SMILES string of the molecule is CC[C@H](C)NCc1cc(Br)c(OC(C)C)c(Br)c1. The molecule has 0 radical (unpaired) electrons. The van der Waals surface area contributed by atoms with E-state index in [4.69, 9.17) is 4.74 Å². The first-order valence-corrected chi connectivity index (χ1v) is 7.90. The molecule has 0 bridgehead atoms. The monoisotopic (exact) mass is 377 g/mol. The number of hydrogen-bond donors (Lipinski definition) is 1. The molecule has 0 saturated heterocycles. The second kappa shape index (κ2) is 7.51. The van der Waals surface area contributed by atoms with Crippen molar-refractivity contribution in [2.45, 2.75) is 52.8 Å². The molecular weight excluding hydrogens is 358 g/mol. The lowest BCUT2D eigenvalue weighted by atomic mass is 10.2. The van der Waals surface area contributed by atoms with E-state index in [9.17, 15) is 0 Å². The van der Waals surface area contributed by atoms with Crippen LogP contribution in [0.2, 0.25) is 0 Å². The summed E-state index contributed by atoms with van der Waals surface area (Å²) >= 11 is 7.14. The van der Waals surface area contributed by atoms with Crippen LogP contribution in [0.5, 0.6) is 5.75 Å². The van der Waals surface area contributed by atoms with E-state index in [0.717, 1.165) is 27.7 Å². The third kappa shape index (κ3) is 4.90. The second-order valence-corrected chi connectivity index (χ2v) is 6.45. The van der Waals surface area contributed by atoms with Gasteiger partial charge < -0.3 is 10.1 Å². The van der Waals surface area contributed by atoms with Crippen molar-refractivity contribution < 1.29 is 4.74 Å². The van der Waals surface area contributed by atoms with E-state index in [1.807, 2.05) is 13.8 Å². The van der Waals surface area contributed by atoms with Gasteiger partial charge in [-0.05, 0) is 76.7 Å². The van der Waals surface area contributed by atoms with Crippen LogP contribution >= 0.6 is 31.9 Å². The van der Waals surface area contributed by atoms with Crippen molar-refractivity contribution >= 4 is 31.9 Å². The van der Waals surface area contributed by atoms with Crippen LogP contribution in [0.4, 0.5) is 0 Å². The van der Waals surface area contributed by atoms with E-state index in [1.54, 1.807) is 0 Å². The molecule has 4 heteroatoms. The maximum Gasteiger partial charge on any atom is 0.148 e. The summed E-state index contributed by atoms with van der Waals surface area (Å²) in [6.45, 7) is 9.30. The average molecular weight is 379 g/mol. The molecule has 1 N–H and O–H groups in total. The third-order valence-corrected chi connectivity index (χ3v) is 3.86. The minimum absolute atomic E-state index is 0.168. The molecule has 18 heavy (non-hydrogen) atoms. The smallest absolute Gasteiger partial charge is 0.148 e. The quantitative estimate of drug-likeness (QED) is 0.760. The zero-order chi connectivity index (χ0) is 13.7. The van der Waals surface area contributed by atoms with Crippen molar-refractivity contribution in [3.05, 3.63) is 26.6 Å². The summed E-state index contributed by atoms with van der Waals surface area (Å²) < 4.78 is 7.75. The summed E-state index contributed by atoms with van der Waals surface area (Å²) in [7, 11) is 0. The standard InChI is InChI=1S/C14H21Br2NO/c1-5-10(4)17-8-11-6-12(15)14(13(16)7-11)18-9(2)3/h6-7,9-10,17H,5,8H2,1-4H3/t10-/m0/s1. The zero-order valence-corrected chi connectivity index (χ0v) is 14.6. The fourth-order valence-electron chi connectivity index (χ4n) is 1.50. The van der Waals surface area contributed by atoms with Gasteiger partial charge in [-0.3, -0.25) is 0 Å². The van der Waals surface area contributed by atoms with E-state index < -0.39 is 0 Å². The van der Waals surface area contributed by atoms with Crippen molar-refractivity contribution in [1.82, 2.24) is 5.32 Å². The van der Waals surface area contributed by atoms with E-state index in [1.165, 1.54) is 5.56 Å². The van der Waals surface area contributed by atoms with Crippen LogP contribution in [0.1, 0.15) is 39.7 Å². The largest absolute Gasteiger partial charge is 0.489 e. The van der Waals surface area contributed by atoms with Gasteiger partial charge in [-0.2, -0.15) is 0 Å². The Morgan fingerprint density at radius 2 is 1.72 bits per heavy atom. The number of hydrogen-bond acceptors (Lipinski definition) is 2. The van der Waals surface area contributed by atoms with Crippen molar-refractivity contribution in [3.63, 3.8) is 0 Å². The van der Waals surface area contributed by atoms with Crippen LogP contribution in [0, 0.1) is 0 Å². The van der Waals surface area contributed by atoms with Gasteiger partial charge in [0.25, 0.3) is 0 Å². The molecule has 0 aliphatic heterocycles. The third-order valence-electron chi connectivity index (χ3n) is 2.68. The molecule has 1 aromatic rings. The minimum Gasteiger partial charge on any atom is -0.489 e. The first kappa shape index (κ1) is 16.0. The van der Waals surface area contributed by atoms with Gasteiger partial charge in [0.1, 0.15) is 5.75 Å². The number of nitrogens with one attached hydrogen (secondary N) is 1. The van der Waals surface area contributed by atoms with E-state index >= 15 is 0 Å². The fraction of sp³-hybridized carbons (Fsp3) is 0.571. The Morgan fingerprint density at radius 1 is 1.17 bits per heavy atom. The highest BCUT2D eigenvalue weighted by molar-refractivity contribution is 9.11. The number of rotatable bonds is 6. The lowest BCUT2D eigenvalue weighted by molar-refractivity contribution is 0.239. The molecule has 0 amide bonds. The molecule has 0 unspecified atom stereocenters. The Balaban J connectivity index is 2.79. The van der Waals surface area contributed by atoms with E-state index in [0.29, 0.717) is 6.04 Å². The van der Waals surface area contributed by atoms with Crippen LogP contribution in [-0.4, -0.2) is 12.1 Å². The van der Waals surface area contributed by atoms with Gasteiger partial charge in [-0.1, -0.05) is 6.92 Å². The summed E-state index contributed by atoms with van der Waals surface area (Å²) in [5.41, 5.74) is 1.24. The first-order chi connectivity index (χ1) is 8.43. The molecule has 1 aromatic carbocycles. The molecule has 0 heterocycles. The van der Waals surface area contributed by atoms with Gasteiger partial charge >= 0.3 is 0 Å². The lowest BCUT2D eigenvalue weighted by Crippen LogP contribution is -2.24. The Bertz CT molecular complexity index is 370. The van der Waals surface area contributed by atoms with Gasteiger partial charge in [-0.25, -0.2) is 0 Å². The molecular formula is C14H21Br2NO. The molecule has 1 rings (SSSR count). The number of halogens is 2. The number of benzene rings is 1. The predicted octanol–water partition coefficient (Wildman–Crippen LogP) is 4.89. The Morgan fingerprint density at radius 3 is 2.17 bits per heavy atom. The Hall–Kier alpha value is -0.0600. The molecule has 102 valence electrons. The van der Waals surface area contributed by atoms with Crippen LogP contribution in [0.3, 0.4) is 0 Å². The summed E-state index contributed by atoms with van der Waals surface area (Å²) in [4.78, 5) is 0. The van der Waals surface area contributed by atoms with E-state index in [-0.39, 0.29) is 6.10 Å². The summed E-state index contributed by atoms with van der Waals surface area (Å²) in [6, 6.07) is 4.75. The van der Waals surface area contributed by atoms with Gasteiger partial charge in [0.05, 0.1) is 15.0 Å². The van der Waals surface area contributed by atoms with Gasteiger partial charge in [0, 0.05) is 12.6 Å². The Labute approximate surface area is 127 Å². The van der Waals surface area contributed by atoms with Crippen molar-refractivity contribution in [1.29, 1.82) is 0 Å². The highest BCUT2D eigenvalue weighted by atomic mass is 79.9. The highest BCUT2D eigenvalue weighted by Gasteiger charge is 2.10. The maximum atomic E-state index is 5.76. The van der Waals surface area contributed by atoms with Crippen molar-refractivity contribution in [2.24, 2.45) is 0 Å². The molecule has 2 nitrogen and oxygen atoms in total. The van der Waals surface area contributed by atoms with Crippen molar-refractivity contribution in [2.75, 3.05) is 0 Å². The number of ether oxygens (including phenoxy) is 1. The topological polar surface area (TPSA) is 21.3 Å². The van der Waals surface area contributed by atoms with Gasteiger partial charge in [-0.15, -0.1) is 0 Å². The average Bonchev–Trinajstić information content (AvgIpc) is 2.30. The zero-order valence-electron chi connectivity index (χ0n) is 11.4. The highest BCUT2D eigenvalue weighted by Crippen LogP contribution is 2.35. The molecule has 0 aromatic heterocycles. The van der Waals surface area contributed by atoms with Gasteiger partial charge in [0.15, 0.2) is 0 Å². The summed E-state index contributed by atoms with van der Waals surface area (Å²) in [5.74, 6) is 0.872. The van der Waals surface area contributed by atoms with Gasteiger partial charge in [0.2, 0.25) is 0 Å². The molecule has 0 aliphatic rings. The Kier molecular flexibility index (Phi) is 6.67. The van der Waals surface area contributed by atoms with Crippen LogP contribution in [-0.2, 0) is 6.54 Å². The first-order valence-electron chi connectivity index (χ1n) is 6.32. The minimum atomic E-state index is 0.168. The fourth-order valence-corrected chi connectivity index (χ4v) is 2.97. The molecule has 0 spiro atoms. The van der Waals surface area contributed by atoms with E-state index in [2.05, 4.69) is 63.2 Å². The summed E-state index contributed by atoms with van der Waals surface area (Å²) in [5, 5.41) is 3.48. The van der Waals surface area contributed by atoms with Crippen LogP contribution in [0.15, 0.2) is 21.1 Å². The molecule has 0 aliphatic carbocycles. The molecule has 0 saturated carbocycles. The van der Waals surface area contributed by atoms with Crippen molar-refractivity contribution in [3.8, 4) is 5.75 Å². The predicted molar refractivity (Wildman–Crippen MR) is 84.2 cm³/mol.